The van der Waals surface area contributed by atoms with Crippen LogP contribution in [0.25, 0.3) is 0 Å². The van der Waals surface area contributed by atoms with Gasteiger partial charge in [-0.1, -0.05) is 0 Å². The van der Waals surface area contributed by atoms with Crippen LogP contribution in [0.1, 0.15) is 22.8 Å². The molecule has 1 rings (SSSR count). The highest BCUT2D eigenvalue weighted by Crippen LogP contribution is 2.17. The smallest absolute Gasteiger partial charge is 0.251 e. The molecule has 1 atom stereocenters. The van der Waals surface area contributed by atoms with Crippen LogP contribution in [0.4, 0.5) is 10.1 Å². The van der Waals surface area contributed by atoms with Crippen molar-refractivity contribution in [2.45, 2.75) is 20.0 Å². The summed E-state index contributed by atoms with van der Waals surface area (Å²) in [6.07, 6.45) is -0.642. The van der Waals surface area contributed by atoms with E-state index in [1.165, 1.54) is 6.07 Å². The first kappa shape index (κ1) is 12.4. The third-order valence-corrected chi connectivity index (χ3v) is 2.20. The van der Waals surface area contributed by atoms with Crippen LogP contribution in [0.3, 0.4) is 0 Å². The van der Waals surface area contributed by atoms with Crippen molar-refractivity contribution in [1.82, 2.24) is 5.32 Å². The third kappa shape index (κ3) is 2.93. The van der Waals surface area contributed by atoms with Gasteiger partial charge in [0, 0.05) is 23.4 Å². The minimum Gasteiger partial charge on any atom is -0.398 e. The molecule has 1 amide bonds. The summed E-state index contributed by atoms with van der Waals surface area (Å²) in [6.45, 7) is 3.21. The fourth-order valence-corrected chi connectivity index (χ4v) is 1.17. The Bertz CT molecular complexity index is 382. The van der Waals surface area contributed by atoms with Crippen molar-refractivity contribution in [3.8, 4) is 0 Å². The van der Waals surface area contributed by atoms with Gasteiger partial charge in [0.2, 0.25) is 0 Å². The molecule has 0 aliphatic heterocycles. The van der Waals surface area contributed by atoms with Gasteiger partial charge in [0.1, 0.15) is 5.82 Å². The first-order valence-electron chi connectivity index (χ1n) is 4.93. The number of hydrogen-bond donors (Lipinski definition) is 3. The predicted molar refractivity (Wildman–Crippen MR) is 59.6 cm³/mol. The van der Waals surface area contributed by atoms with Gasteiger partial charge in [0.15, 0.2) is 0 Å². The van der Waals surface area contributed by atoms with E-state index in [4.69, 9.17) is 10.8 Å². The Morgan fingerprint density at radius 3 is 2.75 bits per heavy atom. The van der Waals surface area contributed by atoms with Crippen molar-refractivity contribution in [2.24, 2.45) is 0 Å². The highest BCUT2D eigenvalue weighted by molar-refractivity contribution is 5.95. The van der Waals surface area contributed by atoms with Crippen molar-refractivity contribution in [1.29, 1.82) is 0 Å². The molecule has 0 fully saturated rings. The molecule has 16 heavy (non-hydrogen) atoms. The Hall–Kier alpha value is -1.62. The van der Waals surface area contributed by atoms with E-state index in [0.717, 1.165) is 6.07 Å². The molecule has 0 spiro atoms. The lowest BCUT2D eigenvalue weighted by Gasteiger charge is -2.09. The van der Waals surface area contributed by atoms with Gasteiger partial charge in [-0.25, -0.2) is 4.39 Å². The van der Waals surface area contributed by atoms with Gasteiger partial charge in [-0.2, -0.15) is 0 Å². The molecule has 1 unspecified atom stereocenters. The summed E-state index contributed by atoms with van der Waals surface area (Å²) in [4.78, 5) is 11.5. The van der Waals surface area contributed by atoms with E-state index in [9.17, 15) is 9.18 Å². The number of carbonyl (C=O) groups is 1. The van der Waals surface area contributed by atoms with E-state index in [2.05, 4.69) is 5.32 Å². The second kappa shape index (κ2) is 4.94. The lowest BCUT2D eigenvalue weighted by molar-refractivity contribution is 0.0923. The average molecular weight is 226 g/mol. The van der Waals surface area contributed by atoms with Crippen LogP contribution in [0.15, 0.2) is 12.1 Å². The van der Waals surface area contributed by atoms with Gasteiger partial charge in [-0.3, -0.25) is 4.79 Å². The fourth-order valence-electron chi connectivity index (χ4n) is 1.17. The molecule has 0 aromatic heterocycles. The number of halogens is 1. The number of nitrogens with one attached hydrogen (secondary N) is 1. The van der Waals surface area contributed by atoms with Crippen LogP contribution < -0.4 is 11.1 Å². The van der Waals surface area contributed by atoms with Crippen LogP contribution in [0.2, 0.25) is 0 Å². The van der Waals surface area contributed by atoms with Crippen LogP contribution in [0.5, 0.6) is 0 Å². The number of nitrogen functional groups attached to an aromatic ring is 1. The summed E-state index contributed by atoms with van der Waals surface area (Å²) >= 11 is 0. The maximum Gasteiger partial charge on any atom is 0.251 e. The van der Waals surface area contributed by atoms with Gasteiger partial charge in [0.25, 0.3) is 5.91 Å². The summed E-state index contributed by atoms with van der Waals surface area (Å²) in [5.74, 6) is -0.964. The van der Waals surface area contributed by atoms with E-state index < -0.39 is 17.8 Å². The Labute approximate surface area is 93.3 Å². The van der Waals surface area contributed by atoms with Crippen molar-refractivity contribution in [3.05, 3.63) is 29.1 Å². The summed E-state index contributed by atoms with van der Waals surface area (Å²) < 4.78 is 13.3. The Balaban J connectivity index is 2.84. The quantitative estimate of drug-likeness (QED) is 0.668. The number of carbonyl (C=O) groups excluding carboxylic acids is 1. The number of rotatable bonds is 3. The van der Waals surface area contributed by atoms with Crippen molar-refractivity contribution >= 4 is 11.6 Å². The number of nitrogens with two attached hydrogens (primary N) is 1. The van der Waals surface area contributed by atoms with Crippen LogP contribution in [-0.2, 0) is 0 Å². The van der Waals surface area contributed by atoms with E-state index >= 15 is 0 Å². The fraction of sp³-hybridized carbons (Fsp3) is 0.364. The monoisotopic (exact) mass is 226 g/mol. The van der Waals surface area contributed by atoms with Gasteiger partial charge in [-0.15, -0.1) is 0 Å². The largest absolute Gasteiger partial charge is 0.398 e. The summed E-state index contributed by atoms with van der Waals surface area (Å²) in [6, 6.07) is 2.54. The maximum absolute atomic E-state index is 13.3. The molecule has 4 nitrogen and oxygen atoms in total. The van der Waals surface area contributed by atoms with E-state index in [1.54, 1.807) is 13.8 Å². The molecule has 1 aromatic rings. The molecule has 1 aromatic carbocycles. The first-order chi connectivity index (χ1) is 7.41. The number of hydrogen-bond acceptors (Lipinski definition) is 3. The number of aliphatic hydroxyl groups excluding tert-OH is 1. The highest BCUT2D eigenvalue weighted by atomic mass is 19.1. The summed E-state index contributed by atoms with van der Waals surface area (Å²) in [7, 11) is 0. The third-order valence-electron chi connectivity index (χ3n) is 2.20. The molecule has 5 heteroatoms. The van der Waals surface area contributed by atoms with Crippen LogP contribution >= 0.6 is 0 Å². The zero-order valence-corrected chi connectivity index (χ0v) is 9.25. The maximum atomic E-state index is 13.3. The molecule has 0 radical (unpaired) electrons. The molecule has 0 saturated carbocycles. The predicted octanol–water partition coefficient (Wildman–Crippen LogP) is 0.827. The second-order valence-corrected chi connectivity index (χ2v) is 3.73. The molecular weight excluding hydrogens is 211 g/mol. The topological polar surface area (TPSA) is 75.4 Å². The lowest BCUT2D eigenvalue weighted by atomic mass is 10.1. The molecule has 0 aliphatic carbocycles. The summed E-state index contributed by atoms with van der Waals surface area (Å²) in [5.41, 5.74) is 6.26. The molecule has 88 valence electrons. The van der Waals surface area contributed by atoms with Crippen molar-refractivity contribution in [2.75, 3.05) is 12.3 Å². The van der Waals surface area contributed by atoms with E-state index in [-0.39, 0.29) is 17.8 Å². The minimum absolute atomic E-state index is 0.119. The molecular formula is C11H15FN2O2. The zero-order valence-electron chi connectivity index (χ0n) is 9.25. The Morgan fingerprint density at radius 2 is 2.25 bits per heavy atom. The van der Waals surface area contributed by atoms with E-state index in [0.29, 0.717) is 5.56 Å². The van der Waals surface area contributed by atoms with E-state index in [1.807, 2.05) is 0 Å². The Kier molecular flexibility index (Phi) is 3.84. The van der Waals surface area contributed by atoms with Gasteiger partial charge < -0.3 is 16.2 Å². The molecule has 0 heterocycles. The average Bonchev–Trinajstić information content (AvgIpc) is 2.21. The van der Waals surface area contributed by atoms with Gasteiger partial charge >= 0.3 is 0 Å². The normalized spacial score (nSPS) is 12.2. The number of aliphatic hydroxyl groups is 1. The first-order valence-corrected chi connectivity index (χ1v) is 4.93. The van der Waals surface area contributed by atoms with Gasteiger partial charge in [-0.05, 0) is 26.0 Å². The SMILES string of the molecule is Cc1c(N)cc(C(=O)NCC(C)O)cc1F. The molecule has 0 saturated heterocycles. The highest BCUT2D eigenvalue weighted by Gasteiger charge is 2.11. The second-order valence-electron chi connectivity index (χ2n) is 3.73. The number of amides is 1. The van der Waals surface area contributed by atoms with Gasteiger partial charge in [0.05, 0.1) is 6.10 Å². The molecule has 4 N–H and O–H groups in total. The summed E-state index contributed by atoms with van der Waals surface area (Å²) in [5, 5.41) is 11.4. The zero-order chi connectivity index (χ0) is 12.3. The minimum atomic E-state index is -0.642. The van der Waals surface area contributed by atoms with Crippen LogP contribution in [0, 0.1) is 12.7 Å². The molecule has 0 aliphatic rings. The van der Waals surface area contributed by atoms with Crippen molar-refractivity contribution in [3.63, 3.8) is 0 Å². The number of benzene rings is 1. The standard InChI is InChI=1S/C11H15FN2O2/c1-6(15)5-14-11(16)8-3-9(12)7(2)10(13)4-8/h3-4,6,15H,5,13H2,1-2H3,(H,14,16). The lowest BCUT2D eigenvalue weighted by Crippen LogP contribution is -2.30. The van der Waals surface area contributed by atoms with Crippen molar-refractivity contribution < 1.29 is 14.3 Å². The molecule has 0 bridgehead atoms. The van der Waals surface area contributed by atoms with Crippen LogP contribution in [-0.4, -0.2) is 23.7 Å². The Morgan fingerprint density at radius 1 is 1.62 bits per heavy atom. The number of anilines is 1.